The summed E-state index contributed by atoms with van der Waals surface area (Å²) in [6.45, 7) is 4.04. The molecule has 0 bridgehead atoms. The Morgan fingerprint density at radius 3 is 2.25 bits per heavy atom. The zero-order chi connectivity index (χ0) is 20.0. The fraction of sp³-hybridized carbons (Fsp3) is 0.227. The van der Waals surface area contributed by atoms with Crippen molar-refractivity contribution in [3.8, 4) is 0 Å². The molecule has 0 saturated carbocycles. The van der Waals surface area contributed by atoms with Gasteiger partial charge in [-0.05, 0) is 16.5 Å². The largest absolute Gasteiger partial charge is 0.340 e. The van der Waals surface area contributed by atoms with Crippen LogP contribution in [-0.4, -0.2) is 22.0 Å². The molecule has 3 N–H and O–H groups in total. The second kappa shape index (κ2) is 8.52. The molecule has 144 valence electrons. The number of aromatic nitrogens is 2. The summed E-state index contributed by atoms with van der Waals surface area (Å²) in [4.78, 5) is 25.6. The third kappa shape index (κ3) is 4.85. The number of carbonyl (C=O) groups excluding carboxylic acids is 2. The zero-order valence-electron chi connectivity index (χ0n) is 16.0. The Balaban J connectivity index is 1.75. The molecule has 1 aromatic heterocycles. The minimum Gasteiger partial charge on any atom is -0.340 e. The summed E-state index contributed by atoms with van der Waals surface area (Å²) in [6.07, 6.45) is 1.81. The van der Waals surface area contributed by atoms with E-state index in [0.29, 0.717) is 11.4 Å². The maximum absolute atomic E-state index is 12.8. The molecule has 1 atom stereocenters. The van der Waals surface area contributed by atoms with Crippen molar-refractivity contribution in [1.82, 2.24) is 15.5 Å². The van der Waals surface area contributed by atoms with Crippen LogP contribution in [0.1, 0.15) is 37.4 Å². The molecule has 0 saturated heterocycles. The smallest absolute Gasteiger partial charge is 0.252 e. The highest BCUT2D eigenvalue weighted by Crippen LogP contribution is 2.27. The Kier molecular flexibility index (Phi) is 5.89. The van der Waals surface area contributed by atoms with Crippen LogP contribution in [0.5, 0.6) is 0 Å². The number of nitrogens with one attached hydrogen (secondary N) is 3. The highest BCUT2D eigenvalue weighted by atomic mass is 16.2. The fourth-order valence-corrected chi connectivity index (χ4v) is 3.08. The summed E-state index contributed by atoms with van der Waals surface area (Å²) in [7, 11) is 0. The van der Waals surface area contributed by atoms with E-state index < -0.39 is 6.04 Å². The van der Waals surface area contributed by atoms with Crippen molar-refractivity contribution >= 4 is 17.6 Å². The first-order valence-electron chi connectivity index (χ1n) is 9.16. The van der Waals surface area contributed by atoms with Crippen molar-refractivity contribution in [1.29, 1.82) is 0 Å². The fourth-order valence-electron chi connectivity index (χ4n) is 3.08. The van der Waals surface area contributed by atoms with Crippen molar-refractivity contribution in [3.05, 3.63) is 84.1 Å². The van der Waals surface area contributed by atoms with Crippen molar-refractivity contribution in [2.45, 2.75) is 31.7 Å². The lowest BCUT2D eigenvalue weighted by atomic mass is 9.81. The number of hydrogen-bond donors (Lipinski definition) is 3. The topological polar surface area (TPSA) is 86.9 Å². The Morgan fingerprint density at radius 2 is 1.64 bits per heavy atom. The van der Waals surface area contributed by atoms with Crippen LogP contribution in [0.15, 0.2) is 72.9 Å². The number of amides is 2. The summed E-state index contributed by atoms with van der Waals surface area (Å²) >= 11 is 0. The van der Waals surface area contributed by atoms with Gasteiger partial charge in [-0.15, -0.1) is 0 Å². The summed E-state index contributed by atoms with van der Waals surface area (Å²) in [6, 6.07) is 19.9. The molecular formula is C22H24N4O2. The third-order valence-electron chi connectivity index (χ3n) is 4.62. The average molecular weight is 376 g/mol. The number of aromatic amines is 1. The molecule has 2 aromatic carbocycles. The molecular weight excluding hydrogens is 352 g/mol. The monoisotopic (exact) mass is 376 g/mol. The number of hydrogen-bond acceptors (Lipinski definition) is 3. The van der Waals surface area contributed by atoms with E-state index in [0.717, 1.165) is 5.56 Å². The first-order chi connectivity index (χ1) is 13.5. The lowest BCUT2D eigenvalue weighted by Crippen LogP contribution is -2.39. The van der Waals surface area contributed by atoms with Gasteiger partial charge in [0.15, 0.2) is 0 Å². The minimum atomic E-state index is -0.802. The van der Waals surface area contributed by atoms with Gasteiger partial charge in [-0.3, -0.25) is 14.7 Å². The second-order valence-electron chi connectivity index (χ2n) is 7.30. The van der Waals surface area contributed by atoms with E-state index in [1.54, 1.807) is 12.3 Å². The van der Waals surface area contributed by atoms with Gasteiger partial charge in [0.2, 0.25) is 5.91 Å². The van der Waals surface area contributed by atoms with Crippen LogP contribution in [0, 0.1) is 0 Å². The predicted molar refractivity (Wildman–Crippen MR) is 109 cm³/mol. The average Bonchev–Trinajstić information content (AvgIpc) is 3.20. The standard InChI is InChI=1S/C22H24N4O2/c1-22(2,17-11-7-4-8-12-17)15-19(27)25-20(16-9-5-3-6-10-16)21(28)24-18-13-14-23-26-18/h3-14,20H,15H2,1-2H3,(H,25,27)(H2,23,24,26,28). The SMILES string of the molecule is CC(C)(CC(=O)NC(C(=O)Nc1ccn[nH]1)c1ccccc1)c1ccccc1. The molecule has 0 aliphatic heterocycles. The molecule has 0 spiro atoms. The second-order valence-corrected chi connectivity index (χ2v) is 7.30. The summed E-state index contributed by atoms with van der Waals surface area (Å²) in [5.74, 6) is -0.0476. The highest BCUT2D eigenvalue weighted by molar-refractivity contribution is 5.97. The quantitative estimate of drug-likeness (QED) is 0.589. The Labute approximate surface area is 164 Å². The molecule has 6 heteroatoms. The highest BCUT2D eigenvalue weighted by Gasteiger charge is 2.28. The van der Waals surface area contributed by atoms with Crippen molar-refractivity contribution in [2.75, 3.05) is 5.32 Å². The molecule has 0 aliphatic rings. The maximum atomic E-state index is 12.8. The molecule has 2 amide bonds. The van der Waals surface area contributed by atoms with Crippen molar-refractivity contribution < 1.29 is 9.59 Å². The van der Waals surface area contributed by atoms with Crippen LogP contribution < -0.4 is 10.6 Å². The van der Waals surface area contributed by atoms with Gasteiger partial charge in [-0.25, -0.2) is 0 Å². The van der Waals surface area contributed by atoms with Crippen LogP contribution in [0.2, 0.25) is 0 Å². The van der Waals surface area contributed by atoms with E-state index in [1.807, 2.05) is 74.5 Å². The normalized spacial score (nSPS) is 12.2. The Bertz CT molecular complexity index is 906. The van der Waals surface area contributed by atoms with Gasteiger partial charge in [-0.1, -0.05) is 74.5 Å². The first-order valence-corrected chi connectivity index (χ1v) is 9.16. The first kappa shape index (κ1) is 19.4. The van der Waals surface area contributed by atoms with E-state index in [-0.39, 0.29) is 23.7 Å². The van der Waals surface area contributed by atoms with E-state index >= 15 is 0 Å². The number of rotatable bonds is 7. The molecule has 1 heterocycles. The van der Waals surface area contributed by atoms with Crippen LogP contribution >= 0.6 is 0 Å². The molecule has 1 unspecified atom stereocenters. The van der Waals surface area contributed by atoms with E-state index in [1.165, 1.54) is 0 Å². The van der Waals surface area contributed by atoms with Crippen LogP contribution in [0.3, 0.4) is 0 Å². The summed E-state index contributed by atoms with van der Waals surface area (Å²) in [5, 5.41) is 12.2. The lowest BCUT2D eigenvalue weighted by Gasteiger charge is -2.26. The Morgan fingerprint density at radius 1 is 1.00 bits per heavy atom. The van der Waals surface area contributed by atoms with Gasteiger partial charge < -0.3 is 10.6 Å². The maximum Gasteiger partial charge on any atom is 0.252 e. The zero-order valence-corrected chi connectivity index (χ0v) is 16.0. The molecule has 0 radical (unpaired) electrons. The van der Waals surface area contributed by atoms with E-state index in [9.17, 15) is 9.59 Å². The van der Waals surface area contributed by atoms with Gasteiger partial charge in [0.05, 0.1) is 6.20 Å². The lowest BCUT2D eigenvalue weighted by molar-refractivity contribution is -0.127. The van der Waals surface area contributed by atoms with E-state index in [2.05, 4.69) is 20.8 Å². The third-order valence-corrected chi connectivity index (χ3v) is 4.62. The van der Waals surface area contributed by atoms with Crippen molar-refractivity contribution in [3.63, 3.8) is 0 Å². The number of carbonyl (C=O) groups is 2. The number of nitrogens with zero attached hydrogens (tertiary/aromatic N) is 1. The number of benzene rings is 2. The van der Waals surface area contributed by atoms with Crippen molar-refractivity contribution in [2.24, 2.45) is 0 Å². The van der Waals surface area contributed by atoms with Gasteiger partial charge in [0.1, 0.15) is 11.9 Å². The number of anilines is 1. The van der Waals surface area contributed by atoms with Gasteiger partial charge in [0, 0.05) is 12.5 Å². The minimum absolute atomic E-state index is 0.192. The molecule has 0 fully saturated rings. The van der Waals surface area contributed by atoms with E-state index in [4.69, 9.17) is 0 Å². The van der Waals surface area contributed by atoms with Crippen LogP contribution in [0.25, 0.3) is 0 Å². The molecule has 6 nitrogen and oxygen atoms in total. The predicted octanol–water partition coefficient (Wildman–Crippen LogP) is 3.57. The van der Waals surface area contributed by atoms with Gasteiger partial charge >= 0.3 is 0 Å². The van der Waals surface area contributed by atoms with Crippen LogP contribution in [0.4, 0.5) is 5.82 Å². The summed E-state index contributed by atoms with van der Waals surface area (Å²) < 4.78 is 0. The van der Waals surface area contributed by atoms with Gasteiger partial charge in [-0.2, -0.15) is 5.10 Å². The molecule has 3 aromatic rings. The van der Waals surface area contributed by atoms with Crippen LogP contribution in [-0.2, 0) is 15.0 Å². The van der Waals surface area contributed by atoms with Gasteiger partial charge in [0.25, 0.3) is 5.91 Å². The molecule has 28 heavy (non-hydrogen) atoms. The molecule has 3 rings (SSSR count). The number of H-pyrrole nitrogens is 1. The Hall–Kier alpha value is -3.41. The molecule has 0 aliphatic carbocycles. The summed E-state index contributed by atoms with van der Waals surface area (Å²) in [5.41, 5.74) is 1.43.